The molecule has 0 amide bonds. The molecule has 4 nitrogen and oxygen atoms in total. The van der Waals surface area contributed by atoms with Crippen molar-refractivity contribution in [1.29, 1.82) is 0 Å². The topological polar surface area (TPSA) is 19.0 Å². The zero-order valence-corrected chi connectivity index (χ0v) is 20.9. The van der Waals surface area contributed by atoms with E-state index in [0.717, 1.165) is 38.3 Å². The van der Waals surface area contributed by atoms with Gasteiger partial charge in [0.1, 0.15) is 5.75 Å². The van der Waals surface area contributed by atoms with E-state index in [9.17, 15) is 0 Å². The fraction of sp³-hybridized carbons (Fsp3) is 0.467. The molecule has 4 heteroatoms. The number of rotatable bonds is 8. The Bertz CT molecular complexity index is 1090. The van der Waals surface area contributed by atoms with Crippen LogP contribution in [0.1, 0.15) is 30.9 Å². The van der Waals surface area contributed by atoms with E-state index in [4.69, 9.17) is 4.74 Å². The minimum absolute atomic E-state index is 0.651. The Balaban J connectivity index is 1.15. The van der Waals surface area contributed by atoms with Gasteiger partial charge in [0.15, 0.2) is 0 Å². The second kappa shape index (κ2) is 10.8. The molecule has 2 aliphatic rings. The van der Waals surface area contributed by atoms with Gasteiger partial charge in [0.25, 0.3) is 0 Å². The first kappa shape index (κ1) is 23.2. The lowest BCUT2D eigenvalue weighted by Crippen LogP contribution is -2.50. The van der Waals surface area contributed by atoms with Crippen LogP contribution < -0.4 is 9.64 Å². The van der Waals surface area contributed by atoms with Gasteiger partial charge in [-0.15, -0.1) is 0 Å². The molecule has 0 bridgehead atoms. The second-order valence-electron chi connectivity index (χ2n) is 9.93. The van der Waals surface area contributed by atoms with Crippen molar-refractivity contribution in [2.45, 2.75) is 38.6 Å². The molecule has 0 aromatic heterocycles. The van der Waals surface area contributed by atoms with Crippen molar-refractivity contribution in [1.82, 2.24) is 9.80 Å². The molecular formula is C30H39N3O. The predicted octanol–water partition coefficient (Wildman–Crippen LogP) is 5.24. The third-order valence-corrected chi connectivity index (χ3v) is 7.82. The monoisotopic (exact) mass is 457 g/mol. The summed E-state index contributed by atoms with van der Waals surface area (Å²) in [6.07, 6.45) is 4.84. The normalized spacial score (nSPS) is 18.9. The average Bonchev–Trinajstić information content (AvgIpc) is 2.90. The summed E-state index contributed by atoms with van der Waals surface area (Å²) in [5.74, 6) is 0.991. The number of anilines is 1. The first-order valence-electron chi connectivity index (χ1n) is 13.1. The highest BCUT2D eigenvalue weighted by molar-refractivity contribution is 5.85. The van der Waals surface area contributed by atoms with Crippen LogP contribution in [0.3, 0.4) is 0 Å². The van der Waals surface area contributed by atoms with Crippen LogP contribution in [0.15, 0.2) is 60.7 Å². The summed E-state index contributed by atoms with van der Waals surface area (Å²) in [6, 6.07) is 22.9. The largest absolute Gasteiger partial charge is 0.497 e. The smallest absolute Gasteiger partial charge is 0.119 e. The first-order valence-corrected chi connectivity index (χ1v) is 13.1. The fourth-order valence-corrected chi connectivity index (χ4v) is 5.79. The lowest BCUT2D eigenvalue weighted by atomic mass is 9.87. The quantitative estimate of drug-likeness (QED) is 0.460. The van der Waals surface area contributed by atoms with Gasteiger partial charge in [0, 0.05) is 51.0 Å². The molecule has 3 aromatic carbocycles. The van der Waals surface area contributed by atoms with Crippen LogP contribution in [0.5, 0.6) is 5.75 Å². The van der Waals surface area contributed by atoms with Gasteiger partial charge in [-0.3, -0.25) is 9.80 Å². The van der Waals surface area contributed by atoms with E-state index in [-0.39, 0.29) is 0 Å². The van der Waals surface area contributed by atoms with Crippen LogP contribution in [-0.2, 0) is 12.8 Å². The van der Waals surface area contributed by atoms with E-state index < -0.39 is 0 Å². The van der Waals surface area contributed by atoms with Gasteiger partial charge in [-0.25, -0.2) is 0 Å². The van der Waals surface area contributed by atoms with Gasteiger partial charge in [0.05, 0.1) is 7.11 Å². The number of hydrogen-bond acceptors (Lipinski definition) is 4. The maximum atomic E-state index is 5.49. The Labute approximate surface area is 205 Å². The van der Waals surface area contributed by atoms with Crippen LogP contribution in [0.4, 0.5) is 5.69 Å². The third kappa shape index (κ3) is 5.24. The van der Waals surface area contributed by atoms with Crippen molar-refractivity contribution >= 4 is 16.5 Å². The average molecular weight is 458 g/mol. The molecular weight excluding hydrogens is 418 g/mol. The summed E-state index contributed by atoms with van der Waals surface area (Å²) in [5.41, 5.74) is 4.36. The highest BCUT2D eigenvalue weighted by Gasteiger charge is 2.25. The molecule has 1 heterocycles. The Hall–Kier alpha value is -2.56. The van der Waals surface area contributed by atoms with Gasteiger partial charge >= 0.3 is 0 Å². The molecule has 1 unspecified atom stereocenters. The summed E-state index contributed by atoms with van der Waals surface area (Å²) in [6.45, 7) is 10.4. The first-order chi connectivity index (χ1) is 16.7. The number of piperazine rings is 1. The Morgan fingerprint density at radius 2 is 1.71 bits per heavy atom. The molecule has 1 aliphatic carbocycles. The van der Waals surface area contributed by atoms with Crippen LogP contribution in [-0.4, -0.2) is 68.8 Å². The highest BCUT2D eigenvalue weighted by Crippen LogP contribution is 2.28. The molecule has 1 saturated heterocycles. The lowest BCUT2D eigenvalue weighted by Gasteiger charge is -2.39. The van der Waals surface area contributed by atoms with Gasteiger partial charge in [0.2, 0.25) is 0 Å². The summed E-state index contributed by atoms with van der Waals surface area (Å²) in [4.78, 5) is 7.98. The van der Waals surface area contributed by atoms with E-state index in [0.29, 0.717) is 6.04 Å². The van der Waals surface area contributed by atoms with Crippen molar-refractivity contribution in [3.8, 4) is 5.75 Å². The number of benzene rings is 3. The predicted molar refractivity (Wildman–Crippen MR) is 143 cm³/mol. The maximum absolute atomic E-state index is 5.49. The highest BCUT2D eigenvalue weighted by atomic mass is 16.5. The zero-order chi connectivity index (χ0) is 23.3. The van der Waals surface area contributed by atoms with Gasteiger partial charge in [-0.05, 0) is 78.4 Å². The number of methoxy groups -OCH3 is 1. The number of hydrogen-bond donors (Lipinski definition) is 0. The van der Waals surface area contributed by atoms with Crippen LogP contribution in [0, 0.1) is 0 Å². The van der Waals surface area contributed by atoms with Crippen molar-refractivity contribution < 1.29 is 4.74 Å². The minimum atomic E-state index is 0.651. The van der Waals surface area contributed by atoms with Gasteiger partial charge in [-0.1, -0.05) is 43.3 Å². The molecule has 3 aromatic rings. The van der Waals surface area contributed by atoms with E-state index in [1.165, 1.54) is 66.5 Å². The van der Waals surface area contributed by atoms with Crippen molar-refractivity contribution in [2.75, 3.05) is 57.8 Å². The molecule has 0 N–H and O–H groups in total. The van der Waals surface area contributed by atoms with E-state index in [1.807, 2.05) is 0 Å². The zero-order valence-electron chi connectivity index (χ0n) is 20.9. The minimum Gasteiger partial charge on any atom is -0.497 e. The van der Waals surface area contributed by atoms with Gasteiger partial charge < -0.3 is 9.64 Å². The second-order valence-corrected chi connectivity index (χ2v) is 9.93. The Morgan fingerprint density at radius 3 is 2.50 bits per heavy atom. The number of nitrogens with zero attached hydrogens (tertiary/aromatic N) is 3. The van der Waals surface area contributed by atoms with E-state index in [1.54, 1.807) is 7.11 Å². The third-order valence-electron chi connectivity index (χ3n) is 7.82. The van der Waals surface area contributed by atoms with Gasteiger partial charge in [-0.2, -0.15) is 0 Å². The van der Waals surface area contributed by atoms with Crippen LogP contribution >= 0.6 is 0 Å². The molecule has 0 spiro atoms. The van der Waals surface area contributed by atoms with E-state index >= 15 is 0 Å². The van der Waals surface area contributed by atoms with Crippen LogP contribution in [0.25, 0.3) is 10.8 Å². The van der Waals surface area contributed by atoms with Crippen molar-refractivity contribution in [2.24, 2.45) is 0 Å². The number of aryl methyl sites for hydroxylation is 1. The molecule has 0 saturated carbocycles. The summed E-state index contributed by atoms with van der Waals surface area (Å²) in [7, 11) is 1.77. The SMILES string of the molecule is CCCN(CCN1CCN(c2ccc3ccccc3c2)CC1)C1CCc2ccc(OC)cc2C1. The summed E-state index contributed by atoms with van der Waals surface area (Å²) >= 11 is 0. The van der Waals surface area contributed by atoms with Crippen LogP contribution in [0.2, 0.25) is 0 Å². The lowest BCUT2D eigenvalue weighted by molar-refractivity contribution is 0.145. The molecule has 1 atom stereocenters. The molecule has 1 fully saturated rings. The molecule has 0 radical (unpaired) electrons. The van der Waals surface area contributed by atoms with Crippen molar-refractivity contribution in [3.63, 3.8) is 0 Å². The molecule has 180 valence electrons. The maximum Gasteiger partial charge on any atom is 0.119 e. The van der Waals surface area contributed by atoms with E-state index in [2.05, 4.69) is 82.3 Å². The standard InChI is InChI=1S/C30H39N3O/c1-3-14-32(29-12-9-25-10-13-30(34-2)23-27(25)22-29)18-15-31-16-19-33(20-17-31)28-11-8-24-6-4-5-7-26(24)21-28/h4-8,10-11,13,21,23,29H,3,9,12,14-20,22H2,1-2H3. The number of fused-ring (bicyclic) bond motifs is 2. The number of ether oxygens (including phenoxy) is 1. The Kier molecular flexibility index (Phi) is 7.36. The molecule has 34 heavy (non-hydrogen) atoms. The fourth-order valence-electron chi connectivity index (χ4n) is 5.79. The summed E-state index contributed by atoms with van der Waals surface area (Å²) < 4.78 is 5.49. The molecule has 5 rings (SSSR count). The summed E-state index contributed by atoms with van der Waals surface area (Å²) in [5, 5.41) is 2.66. The molecule has 1 aliphatic heterocycles. The Morgan fingerprint density at radius 1 is 0.882 bits per heavy atom. The van der Waals surface area contributed by atoms with Crippen molar-refractivity contribution in [3.05, 3.63) is 71.8 Å².